The predicted octanol–water partition coefficient (Wildman–Crippen LogP) is 12.2. The highest BCUT2D eigenvalue weighted by Gasteiger charge is 2.53. The minimum Gasteiger partial charge on any atom is -0.458 e. The first kappa shape index (κ1) is 61.2. The van der Waals surface area contributed by atoms with Crippen LogP contribution in [0.25, 0.3) is 17.1 Å². The Morgan fingerprint density at radius 3 is 2.26 bits per heavy atom. The number of esters is 1. The minimum absolute atomic E-state index is 0.0794. The molecule has 14 nitrogen and oxygen atoms in total. The van der Waals surface area contributed by atoms with E-state index < -0.39 is 53.2 Å². The van der Waals surface area contributed by atoms with Crippen molar-refractivity contribution >= 4 is 75.8 Å². The van der Waals surface area contributed by atoms with E-state index in [-0.39, 0.29) is 35.7 Å². The summed E-state index contributed by atoms with van der Waals surface area (Å²) in [4.78, 5) is 61.8. The lowest BCUT2D eigenvalue weighted by Gasteiger charge is -2.30. The molecule has 3 fully saturated rings. The van der Waals surface area contributed by atoms with Crippen LogP contribution < -0.4 is 5.32 Å². The molecule has 0 spiro atoms. The predicted molar refractivity (Wildman–Crippen MR) is 311 cm³/mol. The number of fused-ring (bicyclic) bond motifs is 5. The van der Waals surface area contributed by atoms with Gasteiger partial charge in [-0.25, -0.2) is 15.0 Å². The van der Waals surface area contributed by atoms with Gasteiger partial charge in [0.05, 0.1) is 58.4 Å². The summed E-state index contributed by atoms with van der Waals surface area (Å²) < 4.78 is 18.6. The standard InChI is InChI=1S/C60H89N5O9S3/c1-37-18-17-23-60(10)52(74-60)32-51(73-54(67)31-50(66)39(3)40(4)56(69)41(5)55(37)68)38(2)28-45-33-61-53(77-45)34-62-72-27-25-59(8,9)71-26-24-58(6,7)65-57(70)42-21-22-46-47(29-42)64-49-36-76-44-20-16-14-12-11-13-15-19-43(30-44)75-35-48(49)63-46/h21-22,28-29,33-34,37,39-41,43-44,50-52,55,66,68H,11-20,23-27,30-32,35-36H2,1-10H3,(H,65,70). The highest BCUT2D eigenvalue weighted by Crippen LogP contribution is 2.45. The fraction of sp³-hybridized carbons (Fsp3) is 0.717. The van der Waals surface area contributed by atoms with Crippen LogP contribution in [0.5, 0.6) is 0 Å². The number of aliphatic hydroxyl groups excluding tert-OH is 2. The van der Waals surface area contributed by atoms with Gasteiger partial charge in [0, 0.05) is 75.5 Å². The Hall–Kier alpha value is -3.45. The van der Waals surface area contributed by atoms with E-state index in [0.717, 1.165) is 63.6 Å². The normalized spacial score (nSPS) is 30.2. The fourth-order valence-electron chi connectivity index (χ4n) is 11.0. The summed E-state index contributed by atoms with van der Waals surface area (Å²) in [7, 11) is 0. The van der Waals surface area contributed by atoms with Gasteiger partial charge < -0.3 is 34.6 Å². The summed E-state index contributed by atoms with van der Waals surface area (Å²) in [6, 6.07) is 5.69. The average molecular weight is 1120 g/mol. The number of epoxide rings is 1. The number of oxime groups is 1. The van der Waals surface area contributed by atoms with E-state index in [1.807, 2.05) is 65.8 Å². The van der Waals surface area contributed by atoms with E-state index in [1.54, 1.807) is 33.2 Å². The van der Waals surface area contributed by atoms with Gasteiger partial charge in [0.15, 0.2) is 0 Å². The number of thiazole rings is 1. The number of ether oxygens (including phenoxy) is 3. The number of nitrogens with zero attached hydrogens (tertiary/aromatic N) is 4. The van der Waals surface area contributed by atoms with E-state index in [0.29, 0.717) is 53.5 Å². The van der Waals surface area contributed by atoms with Crippen LogP contribution in [-0.2, 0) is 40.1 Å². The first-order chi connectivity index (χ1) is 36.6. The Morgan fingerprint density at radius 2 is 1.56 bits per heavy atom. The molecule has 0 radical (unpaired) electrons. The topological polar surface area (TPSA) is 195 Å². The summed E-state index contributed by atoms with van der Waals surface area (Å²) in [5.74, 6) is -0.797. The van der Waals surface area contributed by atoms with E-state index in [4.69, 9.17) is 29.0 Å². The molecular weight excluding hydrogens is 1030 g/mol. The zero-order chi connectivity index (χ0) is 55.5. The highest BCUT2D eigenvalue weighted by atomic mass is 32.2. The van der Waals surface area contributed by atoms with Gasteiger partial charge in [0.25, 0.3) is 5.91 Å². The number of rotatable bonds is 13. The van der Waals surface area contributed by atoms with E-state index in [2.05, 4.69) is 45.9 Å². The third-order valence-electron chi connectivity index (χ3n) is 16.8. The Kier molecular flexibility index (Phi) is 22.1. The molecule has 1 saturated carbocycles. The number of thioether (sulfide) groups is 2. The van der Waals surface area contributed by atoms with Crippen LogP contribution in [0.15, 0.2) is 35.1 Å². The van der Waals surface area contributed by atoms with Crippen LogP contribution in [0, 0.1) is 23.7 Å². The molecule has 1 amide bonds. The van der Waals surface area contributed by atoms with Crippen LogP contribution in [-0.4, -0.2) is 114 Å². The van der Waals surface area contributed by atoms with E-state index in [1.165, 1.54) is 69.1 Å². The number of aliphatic hydroxyl groups is 2. The van der Waals surface area contributed by atoms with Gasteiger partial charge in [-0.1, -0.05) is 77.8 Å². The number of benzene rings is 1. The van der Waals surface area contributed by atoms with Crippen LogP contribution in [0.2, 0.25) is 0 Å². The van der Waals surface area contributed by atoms with Crippen LogP contribution in [0.1, 0.15) is 204 Å². The Balaban J connectivity index is 0.867. The van der Waals surface area contributed by atoms with Crippen molar-refractivity contribution in [3.05, 3.63) is 56.8 Å². The molecule has 1 aliphatic carbocycles. The van der Waals surface area contributed by atoms with Crippen molar-refractivity contribution in [1.82, 2.24) is 20.3 Å². The van der Waals surface area contributed by atoms with Crippen molar-refractivity contribution in [1.29, 1.82) is 0 Å². The summed E-state index contributed by atoms with van der Waals surface area (Å²) in [5.41, 5.74) is 3.71. The quantitative estimate of drug-likeness (QED) is 0.0481. The molecule has 2 aromatic heterocycles. The molecule has 5 heterocycles. The number of ketones is 1. The van der Waals surface area contributed by atoms with Gasteiger partial charge in [0.1, 0.15) is 29.7 Å². The summed E-state index contributed by atoms with van der Waals surface area (Å²) in [5, 5.41) is 31.5. The maximum absolute atomic E-state index is 13.7. The Bertz CT molecular complexity index is 2520. The number of hydrogen-bond donors (Lipinski definition) is 3. The maximum atomic E-state index is 13.7. The molecule has 3 aromatic rings. The van der Waals surface area contributed by atoms with Crippen molar-refractivity contribution in [3.63, 3.8) is 0 Å². The Labute approximate surface area is 471 Å². The molecule has 2 bridgehead atoms. The second kappa shape index (κ2) is 27.8. The average Bonchev–Trinajstić information content (AvgIpc) is 3.79. The largest absolute Gasteiger partial charge is 0.458 e. The number of cyclic esters (lactones) is 1. The van der Waals surface area contributed by atoms with Gasteiger partial charge in [-0.2, -0.15) is 23.5 Å². The molecule has 11 atom stereocenters. The lowest BCUT2D eigenvalue weighted by Crippen LogP contribution is -2.44. The highest BCUT2D eigenvalue weighted by molar-refractivity contribution is 8.00. The molecule has 426 valence electrons. The number of amides is 1. The summed E-state index contributed by atoms with van der Waals surface area (Å²) in [6.45, 7) is 20.1. The third-order valence-corrected chi connectivity index (χ3v) is 20.3. The van der Waals surface area contributed by atoms with Gasteiger partial charge in [-0.05, 0) is 122 Å². The second-order valence-electron chi connectivity index (χ2n) is 24.2. The first-order valence-electron chi connectivity index (χ1n) is 28.6. The summed E-state index contributed by atoms with van der Waals surface area (Å²) in [6.07, 6.45) is 18.3. The number of carbonyl (C=O) groups is 3. The number of Topliss-reactive ketones (excluding diaryl/α,β-unsaturated/α-hetero) is 1. The smallest absolute Gasteiger partial charge is 0.309 e. The van der Waals surface area contributed by atoms with Gasteiger partial charge in [-0.3, -0.25) is 14.4 Å². The molecular formula is C60H89N5O9S3. The molecule has 77 heavy (non-hydrogen) atoms. The number of aromatic nitrogens is 3. The number of hydrogen-bond acceptors (Lipinski definition) is 16. The Morgan fingerprint density at radius 1 is 0.883 bits per heavy atom. The minimum atomic E-state index is -1.09. The maximum Gasteiger partial charge on any atom is 0.309 e. The zero-order valence-corrected chi connectivity index (χ0v) is 50.1. The van der Waals surface area contributed by atoms with Crippen molar-refractivity contribution < 1.29 is 43.6 Å². The number of carbonyl (C=O) groups excluding carboxylic acids is 3. The monoisotopic (exact) mass is 1120 g/mol. The third kappa shape index (κ3) is 18.0. The summed E-state index contributed by atoms with van der Waals surface area (Å²) >= 11 is 5.55. The molecule has 3 N–H and O–H groups in total. The van der Waals surface area contributed by atoms with Gasteiger partial charge in [-0.15, -0.1) is 11.3 Å². The number of nitrogens with one attached hydrogen (secondary N) is 1. The second-order valence-corrected chi connectivity index (χ2v) is 27.9. The lowest BCUT2D eigenvalue weighted by atomic mass is 9.78. The molecule has 1 aromatic carbocycles. The molecule has 7 rings (SSSR count). The van der Waals surface area contributed by atoms with Gasteiger partial charge >= 0.3 is 5.97 Å². The molecule has 3 aliphatic heterocycles. The van der Waals surface area contributed by atoms with Crippen LogP contribution in [0.4, 0.5) is 0 Å². The van der Waals surface area contributed by atoms with E-state index in [9.17, 15) is 24.6 Å². The van der Waals surface area contributed by atoms with Gasteiger partial charge in [0.2, 0.25) is 0 Å². The molecule has 17 heteroatoms. The fourth-order valence-corrected chi connectivity index (χ4v) is 14.5. The molecule has 4 aliphatic rings. The van der Waals surface area contributed by atoms with E-state index >= 15 is 0 Å². The SMILES string of the molecule is CC(=Cc1cnc(C=NOCCC(C)(C)OCCC(C)(C)NC(=O)c2ccc3nc4c(nc3c2)CSC2CCCCCCCCC(C2)SC4)s1)C1CC2OC2(C)CCCC(C)C(O)C(C)C(=O)C(C)C(C)C(O)CC(=O)O1. The zero-order valence-electron chi connectivity index (χ0n) is 47.6. The molecule has 2 saturated heterocycles. The van der Waals surface area contributed by atoms with Crippen LogP contribution in [0.3, 0.4) is 0 Å². The van der Waals surface area contributed by atoms with Crippen molar-refractivity contribution in [2.24, 2.45) is 28.8 Å². The van der Waals surface area contributed by atoms with Crippen molar-refractivity contribution in [2.75, 3.05) is 13.2 Å². The van der Waals surface area contributed by atoms with Crippen molar-refractivity contribution in [2.45, 2.75) is 235 Å². The first-order valence-corrected chi connectivity index (χ1v) is 31.6. The molecule has 11 unspecified atom stereocenters. The van der Waals surface area contributed by atoms with Crippen LogP contribution >= 0.6 is 34.9 Å². The van der Waals surface area contributed by atoms with Crippen molar-refractivity contribution in [3.8, 4) is 0 Å². The lowest BCUT2D eigenvalue weighted by molar-refractivity contribution is -0.152.